The molecular formula is C14H10Br2FNO. The van der Waals surface area contributed by atoms with Crippen molar-refractivity contribution in [3.63, 3.8) is 0 Å². The molecule has 1 amide bonds. The highest BCUT2D eigenvalue weighted by atomic mass is 79.9. The van der Waals surface area contributed by atoms with Crippen LogP contribution in [0.1, 0.15) is 15.9 Å². The summed E-state index contributed by atoms with van der Waals surface area (Å²) in [5.41, 5.74) is 2.23. The number of rotatable bonds is 3. The van der Waals surface area contributed by atoms with E-state index in [9.17, 15) is 9.18 Å². The van der Waals surface area contributed by atoms with E-state index in [-0.39, 0.29) is 10.4 Å². The molecule has 2 aromatic rings. The number of hydrogen-bond donors (Lipinski definition) is 1. The Hall–Kier alpha value is -1.20. The number of amides is 1. The molecule has 2 rings (SSSR count). The highest BCUT2D eigenvalue weighted by molar-refractivity contribution is 9.10. The van der Waals surface area contributed by atoms with Crippen LogP contribution in [0.2, 0.25) is 0 Å². The van der Waals surface area contributed by atoms with Crippen LogP contribution in [-0.2, 0) is 5.33 Å². The van der Waals surface area contributed by atoms with Crippen LogP contribution in [0.25, 0.3) is 0 Å². The summed E-state index contributed by atoms with van der Waals surface area (Å²) in [6.07, 6.45) is 0. The van der Waals surface area contributed by atoms with Crippen LogP contribution in [-0.4, -0.2) is 5.91 Å². The molecule has 0 radical (unpaired) electrons. The second kappa shape index (κ2) is 6.30. The Labute approximate surface area is 127 Å². The molecule has 19 heavy (non-hydrogen) atoms. The molecule has 0 atom stereocenters. The second-order valence-electron chi connectivity index (χ2n) is 3.91. The molecule has 0 spiro atoms. The number of carbonyl (C=O) groups excluding carboxylic acids is 1. The first-order valence-corrected chi connectivity index (χ1v) is 7.43. The summed E-state index contributed by atoms with van der Waals surface area (Å²) in [5.74, 6) is -0.662. The van der Waals surface area contributed by atoms with Gasteiger partial charge in [-0.3, -0.25) is 4.79 Å². The van der Waals surface area contributed by atoms with Crippen LogP contribution in [0.15, 0.2) is 46.9 Å². The highest BCUT2D eigenvalue weighted by Crippen LogP contribution is 2.18. The van der Waals surface area contributed by atoms with Crippen molar-refractivity contribution < 1.29 is 9.18 Å². The lowest BCUT2D eigenvalue weighted by Crippen LogP contribution is -2.11. The number of anilines is 1. The third-order valence-electron chi connectivity index (χ3n) is 2.55. The van der Waals surface area contributed by atoms with Crippen molar-refractivity contribution in [1.82, 2.24) is 0 Å². The average molecular weight is 387 g/mol. The normalized spacial score (nSPS) is 10.3. The third kappa shape index (κ3) is 3.64. The molecule has 0 aliphatic rings. The van der Waals surface area contributed by atoms with Gasteiger partial charge in [0.15, 0.2) is 0 Å². The van der Waals surface area contributed by atoms with Gasteiger partial charge in [0.25, 0.3) is 5.91 Å². The van der Waals surface area contributed by atoms with Gasteiger partial charge in [-0.15, -0.1) is 0 Å². The van der Waals surface area contributed by atoms with Crippen LogP contribution >= 0.6 is 31.9 Å². The van der Waals surface area contributed by atoms with Crippen molar-refractivity contribution in [2.45, 2.75) is 5.33 Å². The Bertz CT molecular complexity index is 599. The minimum Gasteiger partial charge on any atom is -0.322 e. The molecule has 0 saturated heterocycles. The SMILES string of the molecule is O=C(Nc1ccc(CBr)cc1)c1ccc(F)c(Br)c1. The molecule has 0 aliphatic carbocycles. The van der Waals surface area contributed by atoms with Crippen molar-refractivity contribution in [3.05, 3.63) is 63.9 Å². The monoisotopic (exact) mass is 385 g/mol. The summed E-state index contributed by atoms with van der Waals surface area (Å²) >= 11 is 6.41. The maximum Gasteiger partial charge on any atom is 0.255 e. The molecular weight excluding hydrogens is 377 g/mol. The summed E-state index contributed by atoms with van der Waals surface area (Å²) < 4.78 is 13.4. The number of halogens is 3. The molecule has 0 fully saturated rings. The molecule has 0 heterocycles. The quantitative estimate of drug-likeness (QED) is 0.758. The van der Waals surface area contributed by atoms with E-state index in [1.165, 1.54) is 18.2 Å². The van der Waals surface area contributed by atoms with Crippen molar-refractivity contribution in [3.8, 4) is 0 Å². The Kier molecular flexibility index (Phi) is 4.71. The number of hydrogen-bond acceptors (Lipinski definition) is 1. The fraction of sp³-hybridized carbons (Fsp3) is 0.0714. The average Bonchev–Trinajstić information content (AvgIpc) is 2.42. The van der Waals surface area contributed by atoms with E-state index in [0.29, 0.717) is 11.3 Å². The van der Waals surface area contributed by atoms with Gasteiger partial charge in [-0.25, -0.2) is 4.39 Å². The molecule has 0 aliphatic heterocycles. The lowest BCUT2D eigenvalue weighted by Gasteiger charge is -2.06. The maximum absolute atomic E-state index is 13.1. The molecule has 0 aromatic heterocycles. The number of nitrogens with one attached hydrogen (secondary N) is 1. The maximum atomic E-state index is 13.1. The summed E-state index contributed by atoms with van der Waals surface area (Å²) in [6.45, 7) is 0. The lowest BCUT2D eigenvalue weighted by molar-refractivity contribution is 0.102. The van der Waals surface area contributed by atoms with Crippen molar-refractivity contribution in [1.29, 1.82) is 0 Å². The standard InChI is InChI=1S/C14H10Br2FNO/c15-8-9-1-4-11(5-2-9)18-14(19)10-3-6-13(17)12(16)7-10/h1-7H,8H2,(H,18,19). The minimum atomic E-state index is -0.391. The first-order valence-electron chi connectivity index (χ1n) is 5.51. The van der Waals surface area contributed by atoms with Gasteiger partial charge < -0.3 is 5.32 Å². The van der Waals surface area contributed by atoms with Gasteiger partial charge in [-0.05, 0) is 51.8 Å². The predicted molar refractivity (Wildman–Crippen MR) is 81.1 cm³/mol. The van der Waals surface area contributed by atoms with Crippen molar-refractivity contribution >= 4 is 43.5 Å². The summed E-state index contributed by atoms with van der Waals surface area (Å²) in [6, 6.07) is 11.7. The van der Waals surface area contributed by atoms with E-state index in [1.807, 2.05) is 24.3 Å². The largest absolute Gasteiger partial charge is 0.322 e. The smallest absolute Gasteiger partial charge is 0.255 e. The third-order valence-corrected chi connectivity index (χ3v) is 3.80. The zero-order valence-corrected chi connectivity index (χ0v) is 13.0. The Balaban J connectivity index is 2.13. The van der Waals surface area contributed by atoms with Crippen LogP contribution in [0.3, 0.4) is 0 Å². The van der Waals surface area contributed by atoms with Gasteiger partial charge in [-0.2, -0.15) is 0 Å². The molecule has 0 saturated carbocycles. The van der Waals surface area contributed by atoms with E-state index in [2.05, 4.69) is 37.2 Å². The molecule has 0 unspecified atom stereocenters. The van der Waals surface area contributed by atoms with Gasteiger partial charge in [0.2, 0.25) is 0 Å². The first kappa shape index (κ1) is 14.2. The molecule has 2 aromatic carbocycles. The van der Waals surface area contributed by atoms with Crippen molar-refractivity contribution in [2.75, 3.05) is 5.32 Å². The zero-order chi connectivity index (χ0) is 13.8. The van der Waals surface area contributed by atoms with E-state index in [0.717, 1.165) is 10.9 Å². The topological polar surface area (TPSA) is 29.1 Å². The Morgan fingerprint density at radius 2 is 1.84 bits per heavy atom. The zero-order valence-electron chi connectivity index (χ0n) is 9.79. The van der Waals surface area contributed by atoms with Gasteiger partial charge in [0.1, 0.15) is 5.82 Å². The Morgan fingerprint density at radius 1 is 1.16 bits per heavy atom. The first-order chi connectivity index (χ1) is 9.10. The van der Waals surface area contributed by atoms with Crippen LogP contribution in [0, 0.1) is 5.82 Å². The van der Waals surface area contributed by atoms with Gasteiger partial charge >= 0.3 is 0 Å². The van der Waals surface area contributed by atoms with E-state index in [1.54, 1.807) is 0 Å². The second-order valence-corrected chi connectivity index (χ2v) is 5.33. The fourth-order valence-electron chi connectivity index (χ4n) is 1.52. The molecule has 98 valence electrons. The van der Waals surface area contributed by atoms with Gasteiger partial charge in [0.05, 0.1) is 4.47 Å². The highest BCUT2D eigenvalue weighted by Gasteiger charge is 2.08. The number of benzene rings is 2. The summed E-state index contributed by atoms with van der Waals surface area (Å²) in [7, 11) is 0. The Morgan fingerprint density at radius 3 is 2.42 bits per heavy atom. The van der Waals surface area contributed by atoms with E-state index >= 15 is 0 Å². The van der Waals surface area contributed by atoms with Crippen LogP contribution in [0.5, 0.6) is 0 Å². The fourth-order valence-corrected chi connectivity index (χ4v) is 2.27. The van der Waals surface area contributed by atoms with E-state index < -0.39 is 5.82 Å². The van der Waals surface area contributed by atoms with Crippen LogP contribution in [0.4, 0.5) is 10.1 Å². The van der Waals surface area contributed by atoms with Gasteiger partial charge in [0, 0.05) is 16.6 Å². The summed E-state index contributed by atoms with van der Waals surface area (Å²) in [5, 5.41) is 3.53. The molecule has 1 N–H and O–H groups in total. The minimum absolute atomic E-state index is 0.271. The van der Waals surface area contributed by atoms with Crippen molar-refractivity contribution in [2.24, 2.45) is 0 Å². The molecule has 0 bridgehead atoms. The predicted octanol–water partition coefficient (Wildman–Crippen LogP) is 4.74. The van der Waals surface area contributed by atoms with Gasteiger partial charge in [-0.1, -0.05) is 28.1 Å². The molecule has 2 nitrogen and oxygen atoms in total. The summed E-state index contributed by atoms with van der Waals surface area (Å²) in [4.78, 5) is 12.0. The van der Waals surface area contributed by atoms with E-state index in [4.69, 9.17) is 0 Å². The van der Waals surface area contributed by atoms with Crippen LogP contribution < -0.4 is 5.32 Å². The number of alkyl halides is 1. The molecule has 5 heteroatoms. The lowest BCUT2D eigenvalue weighted by atomic mass is 10.2. The number of carbonyl (C=O) groups is 1.